The molecule has 1 aromatic carbocycles. The van der Waals surface area contributed by atoms with Crippen molar-refractivity contribution in [1.29, 1.82) is 0 Å². The Morgan fingerprint density at radius 1 is 1.17 bits per heavy atom. The summed E-state index contributed by atoms with van der Waals surface area (Å²) in [6, 6.07) is 2.90. The van der Waals surface area contributed by atoms with E-state index in [0.29, 0.717) is 6.07 Å². The quantitative estimate of drug-likeness (QED) is 0.907. The van der Waals surface area contributed by atoms with Crippen molar-refractivity contribution in [1.82, 2.24) is 9.97 Å². The monoisotopic (exact) mass is 253 g/mol. The van der Waals surface area contributed by atoms with Crippen LogP contribution in [-0.2, 0) is 0 Å². The summed E-state index contributed by atoms with van der Waals surface area (Å²) in [6.07, 6.45) is 1.16. The van der Waals surface area contributed by atoms with E-state index < -0.39 is 11.6 Å². The van der Waals surface area contributed by atoms with Crippen LogP contribution in [0.2, 0.25) is 0 Å². The molecule has 0 amide bonds. The molecule has 7 heteroatoms. The van der Waals surface area contributed by atoms with Gasteiger partial charge < -0.3 is 15.2 Å². The number of anilines is 1. The Balaban J connectivity index is 2.34. The Bertz CT molecular complexity index is 578. The third-order valence-electron chi connectivity index (χ3n) is 2.10. The zero-order valence-electron chi connectivity index (χ0n) is 9.35. The summed E-state index contributed by atoms with van der Waals surface area (Å²) in [5, 5.41) is 0. The molecule has 0 atom stereocenters. The number of hydrogen-bond donors (Lipinski definition) is 1. The van der Waals surface area contributed by atoms with Gasteiger partial charge in [0.05, 0.1) is 7.11 Å². The number of nitrogen functional groups attached to an aromatic ring is 1. The van der Waals surface area contributed by atoms with E-state index in [4.69, 9.17) is 15.2 Å². The zero-order valence-corrected chi connectivity index (χ0v) is 9.35. The van der Waals surface area contributed by atoms with E-state index in [1.54, 1.807) is 0 Å². The fourth-order valence-corrected chi connectivity index (χ4v) is 1.27. The maximum atomic E-state index is 13.4. The van der Waals surface area contributed by atoms with E-state index in [9.17, 15) is 8.78 Å². The highest BCUT2D eigenvalue weighted by atomic mass is 19.1. The van der Waals surface area contributed by atoms with Gasteiger partial charge in [-0.2, -0.15) is 9.97 Å². The molecule has 0 spiro atoms. The molecule has 0 unspecified atom stereocenters. The highest BCUT2D eigenvalue weighted by molar-refractivity contribution is 5.56. The third-order valence-corrected chi connectivity index (χ3v) is 2.10. The van der Waals surface area contributed by atoms with Crippen LogP contribution in [0.3, 0.4) is 0 Å². The van der Waals surface area contributed by atoms with E-state index in [1.165, 1.54) is 7.11 Å². The minimum atomic E-state index is -0.855. The van der Waals surface area contributed by atoms with Crippen LogP contribution in [0.5, 0.6) is 17.5 Å². The number of nitrogens with two attached hydrogens (primary N) is 1. The second-order valence-electron chi connectivity index (χ2n) is 3.28. The maximum Gasteiger partial charge on any atom is 0.249 e. The smallest absolute Gasteiger partial charge is 0.249 e. The lowest BCUT2D eigenvalue weighted by atomic mass is 10.3. The van der Waals surface area contributed by atoms with Gasteiger partial charge in [0.25, 0.3) is 0 Å². The van der Waals surface area contributed by atoms with Crippen molar-refractivity contribution in [2.75, 3.05) is 12.8 Å². The highest BCUT2D eigenvalue weighted by Crippen LogP contribution is 2.31. The molecule has 0 bridgehead atoms. The van der Waals surface area contributed by atoms with Crippen molar-refractivity contribution >= 4 is 5.69 Å². The molecule has 5 nitrogen and oxygen atoms in total. The van der Waals surface area contributed by atoms with Crippen LogP contribution in [0.15, 0.2) is 24.5 Å². The fourth-order valence-electron chi connectivity index (χ4n) is 1.27. The third kappa shape index (κ3) is 2.29. The Kier molecular flexibility index (Phi) is 3.22. The van der Waals surface area contributed by atoms with Gasteiger partial charge in [-0.25, -0.2) is 8.78 Å². The predicted octanol–water partition coefficient (Wildman–Crippen LogP) is 2.14. The topological polar surface area (TPSA) is 70.3 Å². The van der Waals surface area contributed by atoms with Crippen molar-refractivity contribution in [3.05, 3.63) is 36.2 Å². The summed E-state index contributed by atoms with van der Waals surface area (Å²) in [5.41, 5.74) is 5.68. The van der Waals surface area contributed by atoms with E-state index in [-0.39, 0.29) is 23.2 Å². The largest absolute Gasteiger partial charge is 0.479 e. The SMILES string of the molecule is COc1ncnc(Oc2ccc(F)cc2F)c1N. The second-order valence-corrected chi connectivity index (χ2v) is 3.28. The standard InChI is InChI=1S/C11H9F2N3O2/c1-17-10-9(14)11(16-5-15-10)18-8-3-2-6(12)4-7(8)13/h2-5H,14H2,1H3. The van der Waals surface area contributed by atoms with Gasteiger partial charge >= 0.3 is 0 Å². The molecule has 0 radical (unpaired) electrons. The van der Waals surface area contributed by atoms with E-state index >= 15 is 0 Å². The van der Waals surface area contributed by atoms with Crippen LogP contribution in [0.4, 0.5) is 14.5 Å². The fraction of sp³-hybridized carbons (Fsp3) is 0.0909. The number of nitrogens with zero attached hydrogens (tertiary/aromatic N) is 2. The minimum Gasteiger partial charge on any atom is -0.479 e. The van der Waals surface area contributed by atoms with Crippen LogP contribution in [0, 0.1) is 11.6 Å². The minimum absolute atomic E-state index is 0.0312. The van der Waals surface area contributed by atoms with Gasteiger partial charge in [0.1, 0.15) is 12.1 Å². The molecule has 0 fully saturated rings. The molecular formula is C11H9F2N3O2. The molecule has 0 saturated carbocycles. The Labute approximate surface area is 101 Å². The highest BCUT2D eigenvalue weighted by Gasteiger charge is 2.13. The summed E-state index contributed by atoms with van der Waals surface area (Å²) in [6.45, 7) is 0. The molecular weight excluding hydrogens is 244 g/mol. The molecule has 0 saturated heterocycles. The molecule has 0 aliphatic carbocycles. The van der Waals surface area contributed by atoms with Gasteiger partial charge in [0, 0.05) is 6.07 Å². The molecule has 0 aliphatic heterocycles. The summed E-state index contributed by atoms with van der Waals surface area (Å²) < 4.78 is 36.1. The number of benzene rings is 1. The predicted molar refractivity (Wildman–Crippen MR) is 59.4 cm³/mol. The van der Waals surface area contributed by atoms with Crippen molar-refractivity contribution < 1.29 is 18.3 Å². The first-order valence-electron chi connectivity index (χ1n) is 4.89. The van der Waals surface area contributed by atoms with Crippen LogP contribution in [0.25, 0.3) is 0 Å². The van der Waals surface area contributed by atoms with Gasteiger partial charge in [-0.05, 0) is 12.1 Å². The number of halogens is 2. The molecule has 2 aromatic rings. The lowest BCUT2D eigenvalue weighted by Crippen LogP contribution is -2.01. The lowest BCUT2D eigenvalue weighted by molar-refractivity contribution is 0.387. The number of hydrogen-bond acceptors (Lipinski definition) is 5. The van der Waals surface area contributed by atoms with Gasteiger partial charge in [-0.15, -0.1) is 0 Å². The summed E-state index contributed by atoms with van der Waals surface area (Å²) >= 11 is 0. The van der Waals surface area contributed by atoms with Gasteiger partial charge in [-0.1, -0.05) is 0 Å². The second kappa shape index (κ2) is 4.82. The van der Waals surface area contributed by atoms with Crippen molar-refractivity contribution in [3.63, 3.8) is 0 Å². The van der Waals surface area contributed by atoms with Crippen molar-refractivity contribution in [2.24, 2.45) is 0 Å². The average molecular weight is 253 g/mol. The molecule has 94 valence electrons. The first kappa shape index (κ1) is 12.0. The van der Waals surface area contributed by atoms with Gasteiger partial charge in [0.2, 0.25) is 11.8 Å². The normalized spacial score (nSPS) is 10.2. The van der Waals surface area contributed by atoms with Gasteiger partial charge in [-0.3, -0.25) is 0 Å². The van der Waals surface area contributed by atoms with Crippen LogP contribution in [-0.4, -0.2) is 17.1 Å². The Morgan fingerprint density at radius 2 is 1.89 bits per heavy atom. The van der Waals surface area contributed by atoms with Crippen LogP contribution >= 0.6 is 0 Å². The average Bonchev–Trinajstić information content (AvgIpc) is 2.35. The lowest BCUT2D eigenvalue weighted by Gasteiger charge is -2.09. The molecule has 0 aliphatic rings. The van der Waals surface area contributed by atoms with Crippen molar-refractivity contribution in [2.45, 2.75) is 0 Å². The number of methoxy groups -OCH3 is 1. The van der Waals surface area contributed by atoms with Gasteiger partial charge in [0.15, 0.2) is 17.3 Å². The van der Waals surface area contributed by atoms with E-state index in [1.807, 2.05) is 0 Å². The summed E-state index contributed by atoms with van der Waals surface area (Å²) in [5.74, 6) is -1.70. The summed E-state index contributed by atoms with van der Waals surface area (Å²) in [4.78, 5) is 7.49. The van der Waals surface area contributed by atoms with Crippen LogP contribution in [0.1, 0.15) is 0 Å². The van der Waals surface area contributed by atoms with E-state index in [2.05, 4.69) is 9.97 Å². The first-order valence-corrected chi connectivity index (χ1v) is 4.89. The molecule has 18 heavy (non-hydrogen) atoms. The van der Waals surface area contributed by atoms with Crippen molar-refractivity contribution in [3.8, 4) is 17.5 Å². The maximum absolute atomic E-state index is 13.4. The Hall–Kier alpha value is -2.44. The van der Waals surface area contributed by atoms with E-state index in [0.717, 1.165) is 18.5 Å². The summed E-state index contributed by atoms with van der Waals surface area (Å²) in [7, 11) is 1.38. The Morgan fingerprint density at radius 3 is 2.56 bits per heavy atom. The first-order chi connectivity index (χ1) is 8.61. The number of aromatic nitrogens is 2. The molecule has 1 heterocycles. The number of ether oxygens (including phenoxy) is 2. The number of rotatable bonds is 3. The molecule has 2 rings (SSSR count). The molecule has 2 N–H and O–H groups in total. The molecule has 1 aromatic heterocycles. The van der Waals surface area contributed by atoms with Crippen LogP contribution < -0.4 is 15.2 Å². The zero-order chi connectivity index (χ0) is 13.1.